The fourth-order valence-corrected chi connectivity index (χ4v) is 6.87. The van der Waals surface area contributed by atoms with Crippen molar-refractivity contribution in [2.75, 3.05) is 36.5 Å². The molecule has 2 aromatic rings. The first-order chi connectivity index (χ1) is 14.9. The fraction of sp³-hybridized carbons (Fsp3) is 0.435. The Hall–Kier alpha value is -1.87. The van der Waals surface area contributed by atoms with Gasteiger partial charge in [-0.3, -0.25) is 9.69 Å². The molecule has 2 heterocycles. The van der Waals surface area contributed by atoms with E-state index < -0.39 is 16.1 Å². The van der Waals surface area contributed by atoms with Crippen LogP contribution in [0.1, 0.15) is 24.0 Å². The van der Waals surface area contributed by atoms with E-state index in [1.54, 1.807) is 30.3 Å². The van der Waals surface area contributed by atoms with Gasteiger partial charge in [0, 0.05) is 43.4 Å². The van der Waals surface area contributed by atoms with E-state index >= 15 is 0 Å². The normalized spacial score (nSPS) is 20.6. The summed E-state index contributed by atoms with van der Waals surface area (Å²) in [6, 6.07) is 13.8. The highest BCUT2D eigenvalue weighted by Crippen LogP contribution is 2.28. The second kappa shape index (κ2) is 9.73. The van der Waals surface area contributed by atoms with Gasteiger partial charge in [-0.25, -0.2) is 8.42 Å². The molecule has 1 atom stereocenters. The molecule has 1 amide bonds. The van der Waals surface area contributed by atoms with E-state index in [0.29, 0.717) is 19.4 Å². The molecule has 6 nitrogen and oxygen atoms in total. The summed E-state index contributed by atoms with van der Waals surface area (Å²) in [5.74, 6) is 2.09. The van der Waals surface area contributed by atoms with Gasteiger partial charge in [-0.1, -0.05) is 30.3 Å². The Bertz CT molecular complexity index is 1020. The molecule has 2 aromatic carbocycles. The first-order valence-electron chi connectivity index (χ1n) is 10.7. The molecule has 31 heavy (non-hydrogen) atoms. The zero-order valence-electron chi connectivity index (χ0n) is 17.8. The maximum Gasteiger partial charge on any atom is 0.243 e. The van der Waals surface area contributed by atoms with E-state index in [-0.39, 0.29) is 10.8 Å². The molecular formula is C23H29N3O3S2. The number of nitrogens with zero attached hydrogens (tertiary/aromatic N) is 2. The third kappa shape index (κ3) is 5.14. The Morgan fingerprint density at radius 2 is 1.84 bits per heavy atom. The van der Waals surface area contributed by atoms with Crippen LogP contribution in [0, 0.1) is 6.92 Å². The molecule has 0 saturated carbocycles. The van der Waals surface area contributed by atoms with Gasteiger partial charge >= 0.3 is 0 Å². The van der Waals surface area contributed by atoms with Gasteiger partial charge < -0.3 is 5.32 Å². The average Bonchev–Trinajstić information content (AvgIpc) is 3.28. The van der Waals surface area contributed by atoms with Crippen LogP contribution in [0.2, 0.25) is 0 Å². The van der Waals surface area contributed by atoms with Crippen LogP contribution in [0.3, 0.4) is 0 Å². The van der Waals surface area contributed by atoms with Gasteiger partial charge in [-0.15, -0.1) is 0 Å². The monoisotopic (exact) mass is 459 g/mol. The Morgan fingerprint density at radius 1 is 1.10 bits per heavy atom. The quantitative estimate of drug-likeness (QED) is 0.718. The van der Waals surface area contributed by atoms with E-state index in [0.717, 1.165) is 30.9 Å². The van der Waals surface area contributed by atoms with E-state index in [9.17, 15) is 13.2 Å². The Kier molecular flexibility index (Phi) is 7.01. The van der Waals surface area contributed by atoms with Gasteiger partial charge in [-0.05, 0) is 49.1 Å². The highest BCUT2D eigenvalue weighted by molar-refractivity contribution is 7.99. The summed E-state index contributed by atoms with van der Waals surface area (Å²) in [5, 5.41) is 2.97. The molecular weight excluding hydrogens is 430 g/mol. The molecule has 0 aliphatic carbocycles. The van der Waals surface area contributed by atoms with E-state index in [4.69, 9.17) is 0 Å². The molecule has 166 valence electrons. The van der Waals surface area contributed by atoms with Crippen molar-refractivity contribution in [3.8, 4) is 0 Å². The molecule has 2 saturated heterocycles. The number of aryl methyl sites for hydroxylation is 1. The fourth-order valence-electron chi connectivity index (χ4n) is 4.22. The van der Waals surface area contributed by atoms with Crippen molar-refractivity contribution in [3.63, 3.8) is 0 Å². The predicted octanol–water partition coefficient (Wildman–Crippen LogP) is 3.34. The summed E-state index contributed by atoms with van der Waals surface area (Å²) >= 11 is 2.00. The molecule has 2 aliphatic heterocycles. The third-order valence-corrected chi connectivity index (χ3v) is 8.78. The lowest BCUT2D eigenvalue weighted by Crippen LogP contribution is -2.43. The van der Waals surface area contributed by atoms with Gasteiger partial charge in [0.15, 0.2) is 0 Å². The SMILES string of the molecule is Cc1cc(CN2CCSCC2)ccc1NC(=O)C1CCCN1S(=O)(=O)c1ccccc1. The van der Waals surface area contributed by atoms with Crippen LogP contribution < -0.4 is 5.32 Å². The zero-order chi connectivity index (χ0) is 21.8. The molecule has 8 heteroatoms. The number of benzene rings is 2. The molecule has 2 aliphatic rings. The van der Waals surface area contributed by atoms with Crippen molar-refractivity contribution in [1.29, 1.82) is 0 Å². The van der Waals surface area contributed by atoms with Crippen LogP contribution in [-0.2, 0) is 21.4 Å². The highest BCUT2D eigenvalue weighted by Gasteiger charge is 2.39. The number of hydrogen-bond acceptors (Lipinski definition) is 5. The number of carbonyl (C=O) groups is 1. The highest BCUT2D eigenvalue weighted by atomic mass is 32.2. The van der Waals surface area contributed by atoms with Gasteiger partial charge in [0.05, 0.1) is 4.90 Å². The Morgan fingerprint density at radius 3 is 2.55 bits per heavy atom. The van der Waals surface area contributed by atoms with Crippen LogP contribution in [0.25, 0.3) is 0 Å². The first-order valence-corrected chi connectivity index (χ1v) is 13.3. The molecule has 1 unspecified atom stereocenters. The number of nitrogens with one attached hydrogen (secondary N) is 1. The largest absolute Gasteiger partial charge is 0.324 e. The van der Waals surface area contributed by atoms with Crippen LogP contribution in [0.15, 0.2) is 53.4 Å². The third-order valence-electron chi connectivity index (χ3n) is 5.91. The number of amides is 1. The minimum Gasteiger partial charge on any atom is -0.324 e. The van der Waals surface area contributed by atoms with Crippen LogP contribution in [0.4, 0.5) is 5.69 Å². The number of sulfonamides is 1. The minimum atomic E-state index is -3.69. The minimum absolute atomic E-state index is 0.228. The van der Waals surface area contributed by atoms with Crippen molar-refractivity contribution in [2.24, 2.45) is 0 Å². The number of thioether (sulfide) groups is 1. The van der Waals surface area contributed by atoms with E-state index in [1.165, 1.54) is 21.4 Å². The summed E-state index contributed by atoms with van der Waals surface area (Å²) in [4.78, 5) is 15.7. The molecule has 0 aromatic heterocycles. The molecule has 0 spiro atoms. The number of hydrogen-bond donors (Lipinski definition) is 1. The first kappa shape index (κ1) is 22.3. The summed E-state index contributed by atoms with van der Waals surface area (Å²) in [7, 11) is -3.69. The van der Waals surface area contributed by atoms with E-state index in [1.807, 2.05) is 24.8 Å². The summed E-state index contributed by atoms with van der Waals surface area (Å²) in [5.41, 5.74) is 2.97. The second-order valence-corrected chi connectivity index (χ2v) is 11.2. The Balaban J connectivity index is 1.45. The summed E-state index contributed by atoms with van der Waals surface area (Å²) in [6.07, 6.45) is 1.21. The molecule has 0 radical (unpaired) electrons. The topological polar surface area (TPSA) is 69.7 Å². The smallest absolute Gasteiger partial charge is 0.243 e. The molecule has 2 fully saturated rings. The van der Waals surface area contributed by atoms with Crippen LogP contribution in [0.5, 0.6) is 0 Å². The van der Waals surface area contributed by atoms with Gasteiger partial charge in [0.2, 0.25) is 15.9 Å². The maximum absolute atomic E-state index is 13.0. The van der Waals surface area contributed by atoms with Crippen molar-refractivity contribution < 1.29 is 13.2 Å². The van der Waals surface area contributed by atoms with Crippen LogP contribution in [-0.4, -0.2) is 60.7 Å². The van der Waals surface area contributed by atoms with Crippen molar-refractivity contribution in [3.05, 3.63) is 59.7 Å². The molecule has 1 N–H and O–H groups in total. The molecule has 0 bridgehead atoms. The van der Waals surface area contributed by atoms with Crippen molar-refractivity contribution in [1.82, 2.24) is 9.21 Å². The predicted molar refractivity (Wildman–Crippen MR) is 126 cm³/mol. The lowest BCUT2D eigenvalue weighted by molar-refractivity contribution is -0.119. The van der Waals surface area contributed by atoms with Crippen LogP contribution >= 0.6 is 11.8 Å². The number of rotatable bonds is 6. The standard InChI is InChI=1S/C23H29N3O3S2/c1-18-16-19(17-25-12-14-30-15-13-25)9-10-21(18)24-23(27)22-8-5-11-26(22)31(28,29)20-6-3-2-4-7-20/h2-4,6-7,9-10,16,22H,5,8,11-15,17H2,1H3,(H,24,27). The summed E-state index contributed by atoms with van der Waals surface area (Å²) in [6.45, 7) is 5.48. The van der Waals surface area contributed by atoms with Gasteiger partial charge in [-0.2, -0.15) is 16.1 Å². The van der Waals surface area contributed by atoms with Gasteiger partial charge in [0.1, 0.15) is 6.04 Å². The molecule has 4 rings (SSSR count). The average molecular weight is 460 g/mol. The number of anilines is 1. The Labute approximate surface area is 189 Å². The second-order valence-electron chi connectivity index (χ2n) is 8.11. The number of carbonyl (C=O) groups excluding carboxylic acids is 1. The van der Waals surface area contributed by atoms with E-state index in [2.05, 4.69) is 22.3 Å². The lowest BCUT2D eigenvalue weighted by atomic mass is 10.1. The lowest BCUT2D eigenvalue weighted by Gasteiger charge is -2.26. The van der Waals surface area contributed by atoms with Gasteiger partial charge in [0.25, 0.3) is 0 Å². The summed E-state index contributed by atoms with van der Waals surface area (Å²) < 4.78 is 27.4. The van der Waals surface area contributed by atoms with Crippen molar-refractivity contribution in [2.45, 2.75) is 37.2 Å². The maximum atomic E-state index is 13.0. The zero-order valence-corrected chi connectivity index (χ0v) is 19.4. The van der Waals surface area contributed by atoms with Crippen molar-refractivity contribution >= 4 is 33.4 Å².